The third-order valence-electron chi connectivity index (χ3n) is 4.26. The summed E-state index contributed by atoms with van der Waals surface area (Å²) in [5, 5.41) is 2.17. The van der Waals surface area contributed by atoms with Crippen molar-refractivity contribution in [2.75, 3.05) is 13.1 Å². The molecule has 0 aliphatic rings. The van der Waals surface area contributed by atoms with Gasteiger partial charge in [-0.2, -0.15) is 4.31 Å². The number of rotatable bonds is 5. The smallest absolute Gasteiger partial charge is 0.207 e. The van der Waals surface area contributed by atoms with Crippen LogP contribution in [0.15, 0.2) is 84.3 Å². The van der Waals surface area contributed by atoms with Crippen LogP contribution in [0.3, 0.4) is 0 Å². The zero-order chi connectivity index (χ0) is 19.3. The van der Waals surface area contributed by atoms with E-state index in [9.17, 15) is 8.42 Å². The van der Waals surface area contributed by atoms with Crippen molar-refractivity contribution >= 4 is 20.8 Å². The van der Waals surface area contributed by atoms with Crippen LogP contribution in [0.4, 0.5) is 0 Å². The first-order chi connectivity index (χ1) is 13.0. The maximum atomic E-state index is 12.9. The van der Waals surface area contributed by atoms with Crippen molar-refractivity contribution < 1.29 is 8.42 Å². The molecular formula is C23H21NO2S. The first kappa shape index (κ1) is 18.9. The summed E-state index contributed by atoms with van der Waals surface area (Å²) in [6.07, 6.45) is 1.57. The average Bonchev–Trinajstić information content (AvgIpc) is 2.68. The molecular weight excluding hydrogens is 354 g/mol. The fourth-order valence-electron chi connectivity index (χ4n) is 2.81. The van der Waals surface area contributed by atoms with Crippen LogP contribution in [-0.2, 0) is 10.0 Å². The van der Waals surface area contributed by atoms with Crippen LogP contribution in [0.25, 0.3) is 10.8 Å². The van der Waals surface area contributed by atoms with Crippen LogP contribution in [0.5, 0.6) is 0 Å². The van der Waals surface area contributed by atoms with Gasteiger partial charge in [-0.25, -0.2) is 8.42 Å². The summed E-state index contributed by atoms with van der Waals surface area (Å²) >= 11 is 0. The van der Waals surface area contributed by atoms with Crippen LogP contribution in [0.2, 0.25) is 0 Å². The largest absolute Gasteiger partial charge is 0.244 e. The lowest BCUT2D eigenvalue weighted by Crippen LogP contribution is -2.31. The van der Waals surface area contributed by atoms with E-state index in [1.165, 1.54) is 4.31 Å². The summed E-state index contributed by atoms with van der Waals surface area (Å²) in [4.78, 5) is 0.266. The predicted molar refractivity (Wildman–Crippen MR) is 111 cm³/mol. The molecule has 0 heterocycles. The molecule has 3 nitrogen and oxygen atoms in total. The van der Waals surface area contributed by atoms with Gasteiger partial charge in [0.05, 0.1) is 11.4 Å². The molecule has 0 amide bonds. The molecule has 0 saturated heterocycles. The van der Waals surface area contributed by atoms with Gasteiger partial charge in [-0.3, -0.25) is 0 Å². The van der Waals surface area contributed by atoms with Crippen molar-refractivity contribution in [2.45, 2.75) is 11.8 Å². The van der Waals surface area contributed by atoms with E-state index >= 15 is 0 Å². The molecule has 0 spiro atoms. The van der Waals surface area contributed by atoms with Gasteiger partial charge in [0.2, 0.25) is 10.0 Å². The Labute approximate surface area is 161 Å². The standard InChI is InChI=1S/C23H21NO2S/c1-3-17-24(27(25,26)22-15-13-19(2)14-16-22)18-7-11-21-10-6-9-20-8-4-5-12-23(20)21/h3-6,8-10,12-16H,1,17-18H2,2H3. The summed E-state index contributed by atoms with van der Waals surface area (Å²) < 4.78 is 27.1. The number of benzene rings is 3. The zero-order valence-electron chi connectivity index (χ0n) is 15.2. The number of nitrogens with zero attached hydrogens (tertiary/aromatic N) is 1. The minimum absolute atomic E-state index is 0.103. The maximum Gasteiger partial charge on any atom is 0.244 e. The van der Waals surface area contributed by atoms with E-state index in [1.807, 2.05) is 49.4 Å². The molecule has 0 aliphatic heterocycles. The minimum atomic E-state index is -3.62. The Morgan fingerprint density at radius 2 is 1.70 bits per heavy atom. The predicted octanol–water partition coefficient (Wildman–Crippen LogP) is 4.38. The highest BCUT2D eigenvalue weighted by atomic mass is 32.2. The van der Waals surface area contributed by atoms with Gasteiger partial charge in [0.1, 0.15) is 0 Å². The van der Waals surface area contributed by atoms with E-state index in [2.05, 4.69) is 18.4 Å². The molecule has 0 saturated carbocycles. The summed E-state index contributed by atoms with van der Waals surface area (Å²) in [5.41, 5.74) is 1.90. The highest BCUT2D eigenvalue weighted by Gasteiger charge is 2.22. The van der Waals surface area contributed by atoms with Crippen molar-refractivity contribution in [3.05, 3.63) is 90.5 Å². The second kappa shape index (κ2) is 8.22. The van der Waals surface area contributed by atoms with Gasteiger partial charge in [0, 0.05) is 12.1 Å². The molecule has 0 atom stereocenters. The van der Waals surface area contributed by atoms with Crippen molar-refractivity contribution in [1.82, 2.24) is 4.31 Å². The lowest BCUT2D eigenvalue weighted by Gasteiger charge is -2.18. The first-order valence-corrected chi connectivity index (χ1v) is 10.1. The van der Waals surface area contributed by atoms with Gasteiger partial charge in [-0.05, 0) is 35.9 Å². The van der Waals surface area contributed by atoms with Crippen LogP contribution in [-0.4, -0.2) is 25.8 Å². The molecule has 0 radical (unpaired) electrons. The second-order valence-electron chi connectivity index (χ2n) is 6.23. The number of hydrogen-bond donors (Lipinski definition) is 0. The van der Waals surface area contributed by atoms with Gasteiger partial charge in [-0.15, -0.1) is 6.58 Å². The topological polar surface area (TPSA) is 37.4 Å². The van der Waals surface area contributed by atoms with Crippen LogP contribution < -0.4 is 0 Å². The number of fused-ring (bicyclic) bond motifs is 1. The highest BCUT2D eigenvalue weighted by Crippen LogP contribution is 2.18. The van der Waals surface area contributed by atoms with E-state index in [-0.39, 0.29) is 18.0 Å². The summed E-state index contributed by atoms with van der Waals surface area (Å²) in [6.45, 7) is 5.91. The van der Waals surface area contributed by atoms with E-state index in [0.717, 1.165) is 21.9 Å². The Kier molecular flexibility index (Phi) is 5.75. The van der Waals surface area contributed by atoms with Gasteiger partial charge in [0.15, 0.2) is 0 Å². The molecule has 4 heteroatoms. The molecule has 0 bridgehead atoms. The van der Waals surface area contributed by atoms with E-state index in [1.54, 1.807) is 30.3 Å². The molecule has 0 aromatic heterocycles. The monoisotopic (exact) mass is 375 g/mol. The minimum Gasteiger partial charge on any atom is -0.207 e. The summed E-state index contributed by atoms with van der Waals surface area (Å²) in [5.74, 6) is 6.13. The Morgan fingerprint density at radius 3 is 2.44 bits per heavy atom. The Hall–Kier alpha value is -2.87. The molecule has 0 N–H and O–H groups in total. The Balaban J connectivity index is 1.88. The average molecular weight is 375 g/mol. The first-order valence-electron chi connectivity index (χ1n) is 8.67. The molecule has 27 heavy (non-hydrogen) atoms. The fourth-order valence-corrected chi connectivity index (χ4v) is 4.12. The molecule has 0 unspecified atom stereocenters. The summed E-state index contributed by atoms with van der Waals surface area (Å²) in [7, 11) is -3.62. The van der Waals surface area contributed by atoms with E-state index in [4.69, 9.17) is 0 Å². The lowest BCUT2D eigenvalue weighted by atomic mass is 10.1. The van der Waals surface area contributed by atoms with Crippen molar-refractivity contribution in [3.8, 4) is 11.8 Å². The molecule has 3 rings (SSSR count). The molecule has 136 valence electrons. The summed E-state index contributed by atoms with van der Waals surface area (Å²) in [6, 6.07) is 20.8. The van der Waals surface area contributed by atoms with E-state index in [0.29, 0.717) is 0 Å². The zero-order valence-corrected chi connectivity index (χ0v) is 16.0. The maximum absolute atomic E-state index is 12.9. The highest BCUT2D eigenvalue weighted by molar-refractivity contribution is 7.89. The van der Waals surface area contributed by atoms with Crippen molar-refractivity contribution in [3.63, 3.8) is 0 Å². The third kappa shape index (κ3) is 4.28. The van der Waals surface area contributed by atoms with Crippen LogP contribution >= 0.6 is 0 Å². The number of sulfonamides is 1. The van der Waals surface area contributed by atoms with Gasteiger partial charge >= 0.3 is 0 Å². The van der Waals surface area contributed by atoms with Gasteiger partial charge in [0.25, 0.3) is 0 Å². The number of hydrogen-bond acceptors (Lipinski definition) is 2. The quantitative estimate of drug-likeness (QED) is 0.490. The Morgan fingerprint density at radius 1 is 1.00 bits per heavy atom. The third-order valence-corrected chi connectivity index (χ3v) is 6.09. The van der Waals surface area contributed by atoms with Crippen molar-refractivity contribution in [2.24, 2.45) is 0 Å². The van der Waals surface area contributed by atoms with Crippen LogP contribution in [0.1, 0.15) is 11.1 Å². The molecule has 3 aromatic rings. The molecule has 0 fully saturated rings. The SMILES string of the molecule is C=CCN(CC#Cc1cccc2ccccc12)S(=O)(=O)c1ccc(C)cc1. The normalized spacial score (nSPS) is 11.2. The number of aryl methyl sites for hydroxylation is 1. The lowest BCUT2D eigenvalue weighted by molar-refractivity contribution is 0.478. The van der Waals surface area contributed by atoms with Crippen LogP contribution in [0, 0.1) is 18.8 Å². The van der Waals surface area contributed by atoms with E-state index < -0.39 is 10.0 Å². The molecule has 0 aliphatic carbocycles. The fraction of sp³-hybridized carbons (Fsp3) is 0.130. The second-order valence-corrected chi connectivity index (χ2v) is 8.17. The van der Waals surface area contributed by atoms with Crippen molar-refractivity contribution in [1.29, 1.82) is 0 Å². The Bertz CT molecular complexity index is 1110. The molecule has 3 aromatic carbocycles. The van der Waals surface area contributed by atoms with Gasteiger partial charge in [-0.1, -0.05) is 72.0 Å². The van der Waals surface area contributed by atoms with Gasteiger partial charge < -0.3 is 0 Å².